The Bertz CT molecular complexity index is 579. The number of methoxy groups -OCH3 is 1. The molecule has 1 aliphatic rings. The molecule has 0 saturated heterocycles. The highest BCUT2D eigenvalue weighted by atomic mass is 16.5. The van der Waals surface area contributed by atoms with Gasteiger partial charge in [-0.25, -0.2) is 0 Å². The van der Waals surface area contributed by atoms with Crippen molar-refractivity contribution in [3.05, 3.63) is 23.3 Å². The zero-order chi connectivity index (χ0) is 15.1. The molecule has 108 valence electrons. The largest absolute Gasteiger partial charge is 0.507 e. The zero-order valence-corrected chi connectivity index (χ0v) is 11.2. The second-order valence-electron chi connectivity index (χ2n) is 5.10. The van der Waals surface area contributed by atoms with E-state index >= 15 is 0 Å². The average molecular weight is 280 g/mol. The molecular formula is C14H16O6. The molecule has 0 aromatic heterocycles. The summed E-state index contributed by atoms with van der Waals surface area (Å²) in [6, 6.07) is 2.64. The summed E-state index contributed by atoms with van der Waals surface area (Å²) in [6.45, 7) is 1.27. The number of aromatic hydroxyl groups is 1. The van der Waals surface area contributed by atoms with Crippen LogP contribution in [0.25, 0.3) is 0 Å². The number of carbonyl (C=O) groups excluding carboxylic acids is 2. The number of benzene rings is 1. The highest BCUT2D eigenvalue weighted by molar-refractivity contribution is 6.02. The summed E-state index contributed by atoms with van der Waals surface area (Å²) in [4.78, 5) is 23.3. The molecule has 0 bridgehead atoms. The van der Waals surface area contributed by atoms with Crippen molar-refractivity contribution >= 4 is 11.6 Å². The van der Waals surface area contributed by atoms with Crippen LogP contribution >= 0.6 is 0 Å². The van der Waals surface area contributed by atoms with E-state index in [2.05, 4.69) is 0 Å². The highest BCUT2D eigenvalue weighted by Crippen LogP contribution is 2.44. The van der Waals surface area contributed by atoms with Gasteiger partial charge < -0.3 is 20.1 Å². The summed E-state index contributed by atoms with van der Waals surface area (Å²) < 4.78 is 4.96. The molecule has 2 atom stereocenters. The van der Waals surface area contributed by atoms with Crippen molar-refractivity contribution in [3.8, 4) is 11.5 Å². The minimum atomic E-state index is -1.85. The number of rotatable bonds is 3. The van der Waals surface area contributed by atoms with E-state index in [1.54, 1.807) is 0 Å². The van der Waals surface area contributed by atoms with E-state index in [1.807, 2.05) is 0 Å². The number of phenols is 1. The van der Waals surface area contributed by atoms with Crippen molar-refractivity contribution < 1.29 is 29.6 Å². The summed E-state index contributed by atoms with van der Waals surface area (Å²) in [6.07, 6.45) is -2.20. The molecule has 6 nitrogen and oxygen atoms in total. The Morgan fingerprint density at radius 3 is 2.70 bits per heavy atom. The predicted molar refractivity (Wildman–Crippen MR) is 68.8 cm³/mol. The first kappa shape index (κ1) is 14.5. The Morgan fingerprint density at radius 2 is 2.15 bits per heavy atom. The number of carbonyl (C=O) groups is 2. The topological polar surface area (TPSA) is 104 Å². The van der Waals surface area contributed by atoms with E-state index in [9.17, 15) is 24.9 Å². The number of hydrogen-bond acceptors (Lipinski definition) is 6. The van der Waals surface area contributed by atoms with Crippen molar-refractivity contribution in [1.29, 1.82) is 0 Å². The molecule has 0 radical (unpaired) electrons. The lowest BCUT2D eigenvalue weighted by atomic mass is 9.74. The summed E-state index contributed by atoms with van der Waals surface area (Å²) in [7, 11) is 1.37. The van der Waals surface area contributed by atoms with Crippen molar-refractivity contribution in [3.63, 3.8) is 0 Å². The van der Waals surface area contributed by atoms with Crippen LogP contribution in [0.1, 0.15) is 41.8 Å². The molecule has 0 spiro atoms. The summed E-state index contributed by atoms with van der Waals surface area (Å²) in [5.41, 5.74) is -1.82. The van der Waals surface area contributed by atoms with Crippen LogP contribution in [0, 0.1) is 0 Å². The van der Waals surface area contributed by atoms with Gasteiger partial charge in [0, 0.05) is 24.5 Å². The van der Waals surface area contributed by atoms with Gasteiger partial charge in [0.25, 0.3) is 0 Å². The number of aliphatic hydroxyl groups excluding tert-OH is 1. The molecule has 2 unspecified atom stereocenters. The number of ketones is 2. The van der Waals surface area contributed by atoms with Crippen LogP contribution < -0.4 is 4.74 Å². The van der Waals surface area contributed by atoms with Crippen LogP contribution in [0.15, 0.2) is 12.1 Å². The van der Waals surface area contributed by atoms with Crippen molar-refractivity contribution in [2.45, 2.75) is 31.5 Å². The van der Waals surface area contributed by atoms with E-state index in [4.69, 9.17) is 4.74 Å². The second kappa shape index (κ2) is 4.88. The standard InChI is InChI=1S/C14H16O6/c1-7(15)5-14(19)6-11(17)12-9(13(14)18)3-8(20-2)4-10(12)16/h3-4,13,16,18-19H,5-6H2,1-2H3. The zero-order valence-electron chi connectivity index (χ0n) is 11.2. The maximum Gasteiger partial charge on any atom is 0.169 e. The summed E-state index contributed by atoms with van der Waals surface area (Å²) in [5.74, 6) is -0.919. The minimum Gasteiger partial charge on any atom is -0.507 e. The van der Waals surface area contributed by atoms with E-state index < -0.39 is 23.9 Å². The molecule has 3 N–H and O–H groups in total. The van der Waals surface area contributed by atoms with Crippen molar-refractivity contribution in [1.82, 2.24) is 0 Å². The Morgan fingerprint density at radius 1 is 1.50 bits per heavy atom. The number of fused-ring (bicyclic) bond motifs is 1. The van der Waals surface area contributed by atoms with E-state index in [-0.39, 0.29) is 34.8 Å². The van der Waals surface area contributed by atoms with Gasteiger partial charge in [0.2, 0.25) is 0 Å². The van der Waals surface area contributed by atoms with Gasteiger partial charge in [-0.05, 0) is 13.0 Å². The first-order chi connectivity index (χ1) is 9.28. The summed E-state index contributed by atoms with van der Waals surface area (Å²) >= 11 is 0. The number of ether oxygens (including phenoxy) is 1. The van der Waals surface area contributed by atoms with Crippen LogP contribution in [0.4, 0.5) is 0 Å². The van der Waals surface area contributed by atoms with Crippen LogP contribution in [-0.4, -0.2) is 39.6 Å². The molecule has 20 heavy (non-hydrogen) atoms. The molecule has 1 aromatic carbocycles. The minimum absolute atomic E-state index is 0.0356. The van der Waals surface area contributed by atoms with Gasteiger partial charge >= 0.3 is 0 Å². The quantitative estimate of drug-likeness (QED) is 0.754. The van der Waals surface area contributed by atoms with Gasteiger partial charge in [0.05, 0.1) is 12.7 Å². The van der Waals surface area contributed by atoms with Gasteiger partial charge in [-0.2, -0.15) is 0 Å². The molecular weight excluding hydrogens is 264 g/mol. The van der Waals surface area contributed by atoms with E-state index in [0.717, 1.165) is 0 Å². The first-order valence-electron chi connectivity index (χ1n) is 6.12. The van der Waals surface area contributed by atoms with Gasteiger partial charge in [-0.1, -0.05) is 0 Å². The lowest BCUT2D eigenvalue weighted by Crippen LogP contribution is -2.44. The monoisotopic (exact) mass is 280 g/mol. The van der Waals surface area contributed by atoms with Gasteiger partial charge in [-0.3, -0.25) is 9.59 Å². The normalized spacial score (nSPS) is 25.2. The molecule has 1 aromatic rings. The number of aliphatic hydroxyl groups is 2. The number of phenolic OH excluding ortho intramolecular Hbond substituents is 1. The molecule has 0 heterocycles. The van der Waals surface area contributed by atoms with Crippen molar-refractivity contribution in [2.24, 2.45) is 0 Å². The molecule has 1 aliphatic carbocycles. The second-order valence-corrected chi connectivity index (χ2v) is 5.10. The Hall–Kier alpha value is -1.92. The fourth-order valence-electron chi connectivity index (χ4n) is 2.60. The fraction of sp³-hybridized carbons (Fsp3) is 0.429. The molecule has 0 amide bonds. The first-order valence-corrected chi connectivity index (χ1v) is 6.12. The number of Topliss-reactive ketones (excluding diaryl/α,β-unsaturated/α-hetero) is 2. The van der Waals surface area contributed by atoms with Gasteiger partial charge in [-0.15, -0.1) is 0 Å². The van der Waals surface area contributed by atoms with Crippen LogP contribution in [0.5, 0.6) is 11.5 Å². The van der Waals surface area contributed by atoms with E-state index in [0.29, 0.717) is 0 Å². The van der Waals surface area contributed by atoms with Crippen LogP contribution in [0.2, 0.25) is 0 Å². The molecule has 0 saturated carbocycles. The maximum atomic E-state index is 12.1. The summed E-state index contributed by atoms with van der Waals surface area (Å²) in [5, 5.41) is 30.5. The van der Waals surface area contributed by atoms with Crippen molar-refractivity contribution in [2.75, 3.05) is 7.11 Å². The van der Waals surface area contributed by atoms with Gasteiger partial charge in [0.15, 0.2) is 5.78 Å². The third kappa shape index (κ3) is 2.28. The molecule has 2 rings (SSSR count). The highest BCUT2D eigenvalue weighted by Gasteiger charge is 2.46. The lowest BCUT2D eigenvalue weighted by molar-refractivity contribution is -0.130. The molecule has 6 heteroatoms. The lowest BCUT2D eigenvalue weighted by Gasteiger charge is -2.37. The fourth-order valence-corrected chi connectivity index (χ4v) is 2.60. The SMILES string of the molecule is COc1cc(O)c2c(c1)C(O)C(O)(CC(C)=O)CC2=O. The Labute approximate surface area is 115 Å². The Kier molecular flexibility index (Phi) is 3.54. The van der Waals surface area contributed by atoms with Crippen LogP contribution in [-0.2, 0) is 4.79 Å². The molecule has 0 fully saturated rings. The maximum absolute atomic E-state index is 12.1. The van der Waals surface area contributed by atoms with E-state index in [1.165, 1.54) is 26.2 Å². The van der Waals surface area contributed by atoms with Gasteiger partial charge in [0.1, 0.15) is 29.0 Å². The average Bonchev–Trinajstić information content (AvgIpc) is 2.33. The molecule has 0 aliphatic heterocycles. The smallest absolute Gasteiger partial charge is 0.169 e. The third-order valence-electron chi connectivity index (χ3n) is 3.46. The number of hydrogen-bond donors (Lipinski definition) is 3. The van der Waals surface area contributed by atoms with Crippen LogP contribution in [0.3, 0.4) is 0 Å². The Balaban J connectivity index is 2.57. The predicted octanol–water partition coefficient (Wildman–Crippen LogP) is 0.731. The third-order valence-corrected chi connectivity index (χ3v) is 3.46.